The van der Waals surface area contributed by atoms with Gasteiger partial charge in [0.05, 0.1) is 29.5 Å². The molecule has 3 aromatic rings. The monoisotopic (exact) mass is 301 g/mol. The van der Waals surface area contributed by atoms with Gasteiger partial charge in [0.1, 0.15) is 0 Å². The molecule has 0 aliphatic carbocycles. The summed E-state index contributed by atoms with van der Waals surface area (Å²) in [6.07, 6.45) is 7.27. The van der Waals surface area contributed by atoms with Crippen LogP contribution in [0.4, 0.5) is 0 Å². The van der Waals surface area contributed by atoms with Crippen molar-refractivity contribution in [2.45, 2.75) is 13.0 Å². The molecule has 1 N–H and O–H groups in total. The molecule has 8 nitrogen and oxygen atoms in total. The molecule has 8 heteroatoms. The van der Waals surface area contributed by atoms with E-state index in [0.717, 1.165) is 13.0 Å². The van der Waals surface area contributed by atoms with Crippen LogP contribution in [0.3, 0.4) is 0 Å². The number of aryl methyl sites for hydroxylation is 1. The Hall–Kier alpha value is -2.74. The number of aromatic nitrogens is 5. The van der Waals surface area contributed by atoms with Crippen LogP contribution in [-0.2, 0) is 11.3 Å². The van der Waals surface area contributed by atoms with E-state index >= 15 is 0 Å². The minimum absolute atomic E-state index is 0.0504. The predicted octanol–water partition coefficient (Wildman–Crippen LogP) is 1.76. The Balaban J connectivity index is 1.75. The third-order valence-corrected chi connectivity index (χ3v) is 3.01. The zero-order chi connectivity index (χ0) is 15.4. The number of methoxy groups -OCH3 is 1. The quantitative estimate of drug-likeness (QED) is 0.693. The van der Waals surface area contributed by atoms with E-state index in [9.17, 15) is 5.11 Å². The summed E-state index contributed by atoms with van der Waals surface area (Å²) in [6.45, 7) is 1.40. The lowest BCUT2D eigenvalue weighted by atomic mass is 10.3. The van der Waals surface area contributed by atoms with Crippen molar-refractivity contribution in [1.82, 2.24) is 24.7 Å². The molecule has 0 spiro atoms. The molecule has 3 rings (SSSR count). The fourth-order valence-electron chi connectivity index (χ4n) is 1.98. The normalized spacial score (nSPS) is 11.0. The lowest BCUT2D eigenvalue weighted by Crippen LogP contribution is -2.01. The number of hydrogen-bond donors (Lipinski definition) is 1. The third kappa shape index (κ3) is 3.12. The van der Waals surface area contributed by atoms with E-state index in [-0.39, 0.29) is 11.9 Å². The molecule has 22 heavy (non-hydrogen) atoms. The first-order valence-corrected chi connectivity index (χ1v) is 6.76. The van der Waals surface area contributed by atoms with Crippen LogP contribution in [0, 0.1) is 0 Å². The maximum Gasteiger partial charge on any atom is 0.326 e. The van der Waals surface area contributed by atoms with E-state index in [4.69, 9.17) is 9.47 Å². The number of hydrogen-bond acceptors (Lipinski definition) is 7. The van der Waals surface area contributed by atoms with Gasteiger partial charge in [-0.15, -0.1) is 0 Å². The highest BCUT2D eigenvalue weighted by molar-refractivity contribution is 5.82. The molecule has 0 unspecified atom stereocenters. The van der Waals surface area contributed by atoms with Crippen LogP contribution >= 0.6 is 0 Å². The number of fused-ring (bicyclic) bond motifs is 1. The number of nitrogens with zero attached hydrogens (tertiary/aromatic N) is 5. The van der Waals surface area contributed by atoms with Crippen molar-refractivity contribution >= 4 is 10.9 Å². The van der Waals surface area contributed by atoms with Crippen LogP contribution < -0.4 is 4.74 Å². The Morgan fingerprint density at radius 3 is 3.05 bits per heavy atom. The molecule has 0 bridgehead atoms. The molecule has 0 aliphatic heterocycles. The maximum absolute atomic E-state index is 9.88. The van der Waals surface area contributed by atoms with Gasteiger partial charge in [-0.3, -0.25) is 9.67 Å². The molecule has 0 saturated heterocycles. The van der Waals surface area contributed by atoms with Crippen LogP contribution in [0.15, 0.2) is 30.9 Å². The van der Waals surface area contributed by atoms with Gasteiger partial charge in [0.25, 0.3) is 0 Å². The first-order chi connectivity index (χ1) is 10.8. The molecule has 0 amide bonds. The Kier molecular flexibility index (Phi) is 4.10. The van der Waals surface area contributed by atoms with Gasteiger partial charge in [-0.1, -0.05) is 0 Å². The van der Waals surface area contributed by atoms with Gasteiger partial charge < -0.3 is 14.6 Å². The minimum Gasteiger partial charge on any atom is -0.493 e. The topological polar surface area (TPSA) is 95.2 Å². The summed E-state index contributed by atoms with van der Waals surface area (Å²) in [5, 5.41) is 14.6. The first-order valence-electron chi connectivity index (χ1n) is 6.76. The minimum atomic E-state index is -0.144. The number of pyridine rings is 1. The van der Waals surface area contributed by atoms with E-state index in [2.05, 4.69) is 20.1 Å². The SMILES string of the molecule is COCCCn1cc(Oc2nc(O)c3ccncc3n2)cn1. The number of ether oxygens (including phenoxy) is 2. The highest BCUT2D eigenvalue weighted by atomic mass is 16.5. The second kappa shape index (κ2) is 6.35. The zero-order valence-electron chi connectivity index (χ0n) is 12.0. The summed E-state index contributed by atoms with van der Waals surface area (Å²) in [6, 6.07) is 1.69. The molecular formula is C14H15N5O3. The van der Waals surface area contributed by atoms with Gasteiger partial charge in [0, 0.05) is 26.5 Å². The highest BCUT2D eigenvalue weighted by Gasteiger charge is 2.09. The molecule has 0 fully saturated rings. The average Bonchev–Trinajstić information content (AvgIpc) is 2.95. The lowest BCUT2D eigenvalue weighted by molar-refractivity contribution is 0.189. The maximum atomic E-state index is 9.88. The van der Waals surface area contributed by atoms with Crippen molar-refractivity contribution in [1.29, 1.82) is 0 Å². The Labute approximate surface area is 126 Å². The van der Waals surface area contributed by atoms with Gasteiger partial charge in [-0.05, 0) is 12.5 Å². The summed E-state index contributed by atoms with van der Waals surface area (Å²) in [5.41, 5.74) is 0.512. The summed E-state index contributed by atoms with van der Waals surface area (Å²) < 4.78 is 12.3. The van der Waals surface area contributed by atoms with Gasteiger partial charge in [-0.25, -0.2) is 0 Å². The van der Waals surface area contributed by atoms with Gasteiger partial charge in [0.2, 0.25) is 5.88 Å². The van der Waals surface area contributed by atoms with Crippen LogP contribution in [0.5, 0.6) is 17.6 Å². The lowest BCUT2D eigenvalue weighted by Gasteiger charge is -2.04. The highest BCUT2D eigenvalue weighted by Crippen LogP contribution is 2.25. The standard InChI is InChI=1S/C14H15N5O3/c1-21-6-2-5-19-9-10(7-16-19)22-14-17-12-8-15-4-3-11(12)13(20)18-14/h3-4,7-9H,2,5-6H2,1H3,(H,17,18,20). The molecule has 0 atom stereocenters. The van der Waals surface area contributed by atoms with Crippen molar-refractivity contribution < 1.29 is 14.6 Å². The van der Waals surface area contributed by atoms with Crippen molar-refractivity contribution in [2.24, 2.45) is 0 Å². The van der Waals surface area contributed by atoms with E-state index < -0.39 is 0 Å². The van der Waals surface area contributed by atoms with Crippen LogP contribution in [0.25, 0.3) is 10.9 Å². The van der Waals surface area contributed by atoms with Crippen molar-refractivity contribution in [3.8, 4) is 17.6 Å². The van der Waals surface area contributed by atoms with E-state index in [0.29, 0.717) is 23.3 Å². The summed E-state index contributed by atoms with van der Waals surface area (Å²) in [4.78, 5) is 12.1. The molecule has 114 valence electrons. The Morgan fingerprint density at radius 2 is 2.18 bits per heavy atom. The van der Waals surface area contributed by atoms with E-state index in [1.54, 1.807) is 36.4 Å². The second-order valence-corrected chi connectivity index (χ2v) is 4.61. The molecular weight excluding hydrogens is 286 g/mol. The smallest absolute Gasteiger partial charge is 0.326 e. The molecule has 0 aromatic carbocycles. The predicted molar refractivity (Wildman–Crippen MR) is 77.8 cm³/mol. The zero-order valence-corrected chi connectivity index (χ0v) is 12.0. The summed E-state index contributed by atoms with van der Waals surface area (Å²) in [5.74, 6) is 0.356. The van der Waals surface area contributed by atoms with Gasteiger partial charge >= 0.3 is 6.01 Å². The van der Waals surface area contributed by atoms with Gasteiger partial charge in [0.15, 0.2) is 5.75 Å². The van der Waals surface area contributed by atoms with Crippen LogP contribution in [0.2, 0.25) is 0 Å². The van der Waals surface area contributed by atoms with Crippen molar-refractivity contribution in [2.75, 3.05) is 13.7 Å². The Morgan fingerprint density at radius 1 is 1.27 bits per heavy atom. The average molecular weight is 301 g/mol. The summed E-state index contributed by atoms with van der Waals surface area (Å²) in [7, 11) is 1.66. The first kappa shape index (κ1) is 14.2. The summed E-state index contributed by atoms with van der Waals surface area (Å²) >= 11 is 0. The van der Waals surface area contributed by atoms with Crippen LogP contribution in [0.1, 0.15) is 6.42 Å². The third-order valence-electron chi connectivity index (χ3n) is 3.01. The van der Waals surface area contributed by atoms with Crippen LogP contribution in [-0.4, -0.2) is 43.6 Å². The Bertz CT molecular complexity index is 774. The van der Waals surface area contributed by atoms with Crippen molar-refractivity contribution in [3.05, 3.63) is 30.9 Å². The second-order valence-electron chi connectivity index (χ2n) is 4.61. The molecule has 0 aliphatic rings. The number of rotatable bonds is 6. The fraction of sp³-hybridized carbons (Fsp3) is 0.286. The molecule has 3 heterocycles. The largest absolute Gasteiger partial charge is 0.493 e. The molecule has 0 saturated carbocycles. The van der Waals surface area contributed by atoms with Crippen molar-refractivity contribution in [3.63, 3.8) is 0 Å². The van der Waals surface area contributed by atoms with E-state index in [1.165, 1.54) is 6.20 Å². The van der Waals surface area contributed by atoms with E-state index in [1.807, 2.05) is 0 Å². The molecule has 3 aromatic heterocycles. The number of aromatic hydroxyl groups is 1. The fourth-order valence-corrected chi connectivity index (χ4v) is 1.98. The van der Waals surface area contributed by atoms with Gasteiger partial charge in [-0.2, -0.15) is 15.1 Å². The molecule has 0 radical (unpaired) electrons.